The smallest absolute Gasteiger partial charge is 0.257 e. The summed E-state index contributed by atoms with van der Waals surface area (Å²) in [6.45, 7) is 0. The van der Waals surface area contributed by atoms with Crippen molar-refractivity contribution in [2.75, 3.05) is 0 Å². The number of aromatic nitrogens is 5. The normalized spacial score (nSPS) is 11.1. The average molecular weight is 342 g/mol. The van der Waals surface area contributed by atoms with Crippen LogP contribution in [-0.2, 0) is 13.5 Å². The number of furan rings is 1. The highest BCUT2D eigenvalue weighted by atomic mass is 35.5. The molecule has 0 fully saturated rings. The van der Waals surface area contributed by atoms with Crippen LogP contribution in [0.2, 0.25) is 5.02 Å². The van der Waals surface area contributed by atoms with Crippen molar-refractivity contribution in [2.24, 2.45) is 7.05 Å². The fraction of sp³-hybridized carbons (Fsp3) is 0.125. The van der Waals surface area contributed by atoms with Gasteiger partial charge in [-0.05, 0) is 30.3 Å². The summed E-state index contributed by atoms with van der Waals surface area (Å²) in [5, 5.41) is 12.9. The molecular weight excluding hydrogens is 330 g/mol. The SMILES string of the molecule is Cn1c(Cc2noc(-c3cccc(Cl)c3)n2)nnc1-c1ccco1. The van der Waals surface area contributed by atoms with Crippen molar-refractivity contribution in [3.05, 3.63) is 59.3 Å². The predicted molar refractivity (Wildman–Crippen MR) is 86.3 cm³/mol. The lowest BCUT2D eigenvalue weighted by Crippen LogP contribution is -2.01. The maximum atomic E-state index is 5.98. The van der Waals surface area contributed by atoms with Gasteiger partial charge in [0, 0.05) is 17.6 Å². The summed E-state index contributed by atoms with van der Waals surface area (Å²) in [4.78, 5) is 4.39. The number of rotatable bonds is 4. The molecule has 0 atom stereocenters. The third-order valence-corrected chi connectivity index (χ3v) is 3.80. The molecule has 4 aromatic rings. The number of nitrogens with zero attached hydrogens (tertiary/aromatic N) is 5. The van der Waals surface area contributed by atoms with Gasteiger partial charge in [-0.25, -0.2) is 0 Å². The number of hydrogen-bond donors (Lipinski definition) is 0. The van der Waals surface area contributed by atoms with E-state index in [1.807, 2.05) is 29.8 Å². The molecule has 120 valence electrons. The lowest BCUT2D eigenvalue weighted by Gasteiger charge is -1.99. The Morgan fingerprint density at radius 2 is 2.08 bits per heavy atom. The van der Waals surface area contributed by atoms with Gasteiger partial charge in [-0.2, -0.15) is 4.98 Å². The quantitative estimate of drug-likeness (QED) is 0.566. The molecule has 4 rings (SSSR count). The zero-order valence-electron chi connectivity index (χ0n) is 12.7. The Balaban J connectivity index is 1.59. The third-order valence-electron chi connectivity index (χ3n) is 3.56. The number of hydrogen-bond acceptors (Lipinski definition) is 6. The first kappa shape index (κ1) is 14.6. The third kappa shape index (κ3) is 2.69. The van der Waals surface area contributed by atoms with Gasteiger partial charge in [0.25, 0.3) is 5.89 Å². The Morgan fingerprint density at radius 3 is 2.88 bits per heavy atom. The molecule has 3 heterocycles. The summed E-state index contributed by atoms with van der Waals surface area (Å²) in [6.07, 6.45) is 1.99. The van der Waals surface area contributed by atoms with Crippen LogP contribution in [0, 0.1) is 0 Å². The Kier molecular flexibility index (Phi) is 3.62. The van der Waals surface area contributed by atoms with Crippen LogP contribution in [0.25, 0.3) is 23.0 Å². The van der Waals surface area contributed by atoms with Gasteiger partial charge in [0.1, 0.15) is 5.82 Å². The van der Waals surface area contributed by atoms with Crippen LogP contribution in [0.3, 0.4) is 0 Å². The topological polar surface area (TPSA) is 82.8 Å². The molecule has 0 aliphatic heterocycles. The molecule has 0 bridgehead atoms. The van der Waals surface area contributed by atoms with Crippen LogP contribution in [0.15, 0.2) is 51.6 Å². The van der Waals surface area contributed by atoms with Crippen molar-refractivity contribution >= 4 is 11.6 Å². The van der Waals surface area contributed by atoms with Gasteiger partial charge >= 0.3 is 0 Å². The van der Waals surface area contributed by atoms with E-state index >= 15 is 0 Å². The minimum absolute atomic E-state index is 0.397. The molecule has 8 heteroatoms. The molecule has 0 aliphatic carbocycles. The first-order chi connectivity index (χ1) is 11.7. The zero-order chi connectivity index (χ0) is 16.5. The van der Waals surface area contributed by atoms with Crippen molar-refractivity contribution in [3.8, 4) is 23.0 Å². The van der Waals surface area contributed by atoms with Gasteiger partial charge in [0.2, 0.25) is 0 Å². The standard InChI is InChI=1S/C16H12ClN5O2/c1-22-14(19-20-15(22)12-6-3-7-23-12)9-13-18-16(24-21-13)10-4-2-5-11(17)8-10/h2-8H,9H2,1H3. The fourth-order valence-corrected chi connectivity index (χ4v) is 2.53. The maximum absolute atomic E-state index is 5.98. The molecular formula is C16H12ClN5O2. The van der Waals surface area contributed by atoms with Gasteiger partial charge in [-0.3, -0.25) is 0 Å². The average Bonchev–Trinajstić information content (AvgIpc) is 3.30. The van der Waals surface area contributed by atoms with E-state index in [0.717, 1.165) is 5.56 Å². The molecule has 0 radical (unpaired) electrons. The van der Waals surface area contributed by atoms with Gasteiger partial charge in [0.15, 0.2) is 17.4 Å². The monoisotopic (exact) mass is 341 g/mol. The number of halogens is 1. The van der Waals surface area contributed by atoms with Crippen LogP contribution in [0.5, 0.6) is 0 Å². The number of benzene rings is 1. The molecule has 0 N–H and O–H groups in total. The molecule has 3 aromatic heterocycles. The minimum Gasteiger partial charge on any atom is -0.461 e. The summed E-state index contributed by atoms with van der Waals surface area (Å²) < 4.78 is 12.5. The van der Waals surface area contributed by atoms with Crippen molar-refractivity contribution < 1.29 is 8.94 Å². The minimum atomic E-state index is 0.397. The van der Waals surface area contributed by atoms with Crippen molar-refractivity contribution in [2.45, 2.75) is 6.42 Å². The molecule has 0 saturated heterocycles. The largest absolute Gasteiger partial charge is 0.461 e. The zero-order valence-corrected chi connectivity index (χ0v) is 13.4. The van der Waals surface area contributed by atoms with E-state index in [4.69, 9.17) is 20.5 Å². The highest BCUT2D eigenvalue weighted by Gasteiger charge is 2.16. The second kappa shape index (κ2) is 5.93. The molecule has 0 unspecified atom stereocenters. The Bertz CT molecular complexity index is 974. The molecule has 0 amide bonds. The van der Waals surface area contributed by atoms with E-state index < -0.39 is 0 Å². The van der Waals surface area contributed by atoms with Gasteiger partial charge < -0.3 is 13.5 Å². The first-order valence-corrected chi connectivity index (χ1v) is 7.59. The summed E-state index contributed by atoms with van der Waals surface area (Å²) in [5.74, 6) is 2.95. The van der Waals surface area contributed by atoms with E-state index in [0.29, 0.717) is 40.6 Å². The molecule has 7 nitrogen and oxygen atoms in total. The molecule has 0 spiro atoms. The maximum Gasteiger partial charge on any atom is 0.257 e. The van der Waals surface area contributed by atoms with Gasteiger partial charge in [-0.1, -0.05) is 22.8 Å². The Labute approximate surface area is 141 Å². The van der Waals surface area contributed by atoms with Crippen LogP contribution in [-0.4, -0.2) is 24.9 Å². The lowest BCUT2D eigenvalue weighted by molar-refractivity contribution is 0.423. The van der Waals surface area contributed by atoms with E-state index in [1.165, 1.54) is 0 Å². The van der Waals surface area contributed by atoms with Gasteiger partial charge in [-0.15, -0.1) is 10.2 Å². The Morgan fingerprint density at radius 1 is 1.17 bits per heavy atom. The Hall–Kier alpha value is -2.93. The molecule has 0 saturated carbocycles. The van der Waals surface area contributed by atoms with E-state index in [9.17, 15) is 0 Å². The van der Waals surface area contributed by atoms with E-state index in [1.54, 1.807) is 24.5 Å². The predicted octanol–water partition coefficient (Wildman–Crippen LogP) is 3.37. The lowest BCUT2D eigenvalue weighted by atomic mass is 10.2. The van der Waals surface area contributed by atoms with Crippen LogP contribution in [0.4, 0.5) is 0 Å². The summed E-state index contributed by atoms with van der Waals surface area (Å²) >= 11 is 5.98. The summed E-state index contributed by atoms with van der Waals surface area (Å²) in [6, 6.07) is 10.9. The van der Waals surface area contributed by atoms with Crippen molar-refractivity contribution in [1.29, 1.82) is 0 Å². The highest BCUT2D eigenvalue weighted by Crippen LogP contribution is 2.22. The molecule has 1 aromatic carbocycles. The van der Waals surface area contributed by atoms with Crippen molar-refractivity contribution in [3.63, 3.8) is 0 Å². The first-order valence-electron chi connectivity index (χ1n) is 7.21. The van der Waals surface area contributed by atoms with Gasteiger partial charge in [0.05, 0.1) is 12.7 Å². The summed E-state index contributed by atoms with van der Waals surface area (Å²) in [5.41, 5.74) is 0.774. The highest BCUT2D eigenvalue weighted by molar-refractivity contribution is 6.30. The van der Waals surface area contributed by atoms with Crippen molar-refractivity contribution in [1.82, 2.24) is 24.9 Å². The van der Waals surface area contributed by atoms with Crippen LogP contribution in [0.1, 0.15) is 11.6 Å². The van der Waals surface area contributed by atoms with Crippen LogP contribution >= 0.6 is 11.6 Å². The van der Waals surface area contributed by atoms with Crippen LogP contribution < -0.4 is 0 Å². The molecule has 0 aliphatic rings. The second-order valence-electron chi connectivity index (χ2n) is 5.18. The van der Waals surface area contributed by atoms with E-state index in [-0.39, 0.29) is 0 Å². The fourth-order valence-electron chi connectivity index (χ4n) is 2.34. The second-order valence-corrected chi connectivity index (χ2v) is 5.62. The van der Waals surface area contributed by atoms with E-state index in [2.05, 4.69) is 20.3 Å². The molecule has 24 heavy (non-hydrogen) atoms. The summed E-state index contributed by atoms with van der Waals surface area (Å²) in [7, 11) is 1.87.